The van der Waals surface area contributed by atoms with Crippen molar-refractivity contribution in [1.29, 1.82) is 0 Å². The predicted octanol–water partition coefficient (Wildman–Crippen LogP) is 6.98. The summed E-state index contributed by atoms with van der Waals surface area (Å²) in [7, 11) is -1.92. The second-order valence-electron chi connectivity index (χ2n) is 10.6. The first-order valence-corrected chi connectivity index (χ1v) is 14.5. The number of fused-ring (bicyclic) bond motifs is 1. The topological polar surface area (TPSA) is 90.7 Å². The molecule has 0 spiro atoms. The number of hydrogen-bond acceptors (Lipinski definition) is 6. The Morgan fingerprint density at radius 1 is 1.07 bits per heavy atom. The number of nitrogens with one attached hydrogen (secondary N) is 1. The second-order valence-corrected chi connectivity index (χ2v) is 12.9. The molecule has 0 bridgehead atoms. The van der Waals surface area contributed by atoms with Crippen LogP contribution in [-0.4, -0.2) is 22.3 Å². The van der Waals surface area contributed by atoms with E-state index in [4.69, 9.17) is 13.9 Å². The number of nitrogens with zero attached hydrogens (tertiary/aromatic N) is 1. The van der Waals surface area contributed by atoms with Gasteiger partial charge in [0, 0.05) is 28.3 Å². The molecule has 0 aliphatic heterocycles. The van der Waals surface area contributed by atoms with Gasteiger partial charge in [-0.25, -0.2) is 8.78 Å². The Kier molecular flexibility index (Phi) is 9.55. The average Bonchev–Trinajstić information content (AvgIpc) is 3.36. The zero-order chi connectivity index (χ0) is 31.5. The van der Waals surface area contributed by atoms with Gasteiger partial charge in [0.15, 0.2) is 5.82 Å². The van der Waals surface area contributed by atoms with Crippen LogP contribution in [0.1, 0.15) is 50.1 Å². The molecule has 0 saturated carbocycles. The van der Waals surface area contributed by atoms with Crippen molar-refractivity contribution in [2.75, 3.05) is 6.61 Å². The second kappa shape index (κ2) is 12.8. The molecular formula is C30H30F5N2O5S+. The molecule has 2 heterocycles. The highest BCUT2D eigenvalue weighted by atomic mass is 32.2. The summed E-state index contributed by atoms with van der Waals surface area (Å²) in [6.07, 6.45) is -3.20. The van der Waals surface area contributed by atoms with Crippen molar-refractivity contribution in [3.8, 4) is 16.9 Å². The largest absolute Gasteiger partial charge is 0.489 e. The Balaban J connectivity index is 1.74. The molecule has 1 atom stereocenters. The Labute approximate surface area is 247 Å². The van der Waals surface area contributed by atoms with E-state index in [-0.39, 0.29) is 70.8 Å². The molecular weight excluding hydrogens is 595 g/mol. The molecule has 13 heteroatoms. The van der Waals surface area contributed by atoms with Crippen LogP contribution >= 0.6 is 0 Å². The van der Waals surface area contributed by atoms with E-state index < -0.39 is 45.1 Å². The smallest absolute Gasteiger partial charge is 0.420 e. The van der Waals surface area contributed by atoms with Crippen LogP contribution in [-0.2, 0) is 50.5 Å². The predicted molar refractivity (Wildman–Crippen MR) is 152 cm³/mol. The number of hydrogen-bond donors (Lipinski definition) is 1. The van der Waals surface area contributed by atoms with Crippen LogP contribution in [0.4, 0.5) is 22.0 Å². The summed E-state index contributed by atoms with van der Waals surface area (Å²) in [6.45, 7) is 6.52. The van der Waals surface area contributed by atoms with Gasteiger partial charge < -0.3 is 13.9 Å². The van der Waals surface area contributed by atoms with Crippen LogP contribution in [0.15, 0.2) is 53.3 Å². The summed E-state index contributed by atoms with van der Waals surface area (Å²) >= 11 is 0. The molecule has 0 saturated heterocycles. The maximum Gasteiger partial charge on any atom is 0.420 e. The van der Waals surface area contributed by atoms with Crippen molar-refractivity contribution >= 4 is 27.9 Å². The van der Waals surface area contributed by atoms with Gasteiger partial charge in [0.1, 0.15) is 51.3 Å². The number of furan rings is 1. The summed E-state index contributed by atoms with van der Waals surface area (Å²) in [5.41, 5.74) is -1.02. The third-order valence-electron chi connectivity index (χ3n) is 6.35. The van der Waals surface area contributed by atoms with Crippen molar-refractivity contribution in [3.05, 3.63) is 82.9 Å². The number of ether oxygens (including phenoxy) is 2. The number of carbonyl (C=O) groups is 1. The van der Waals surface area contributed by atoms with Gasteiger partial charge in [-0.2, -0.15) is 13.2 Å². The van der Waals surface area contributed by atoms with Gasteiger partial charge in [0.05, 0.1) is 25.3 Å². The number of pyridine rings is 1. The van der Waals surface area contributed by atoms with Gasteiger partial charge in [-0.15, -0.1) is 4.72 Å². The number of halogens is 5. The van der Waals surface area contributed by atoms with Crippen LogP contribution in [0.25, 0.3) is 22.1 Å². The molecule has 0 aliphatic carbocycles. The number of rotatable bonds is 10. The Morgan fingerprint density at radius 3 is 2.49 bits per heavy atom. The maximum atomic E-state index is 15.8. The third-order valence-corrected chi connectivity index (χ3v) is 8.01. The first-order chi connectivity index (χ1) is 20.2. The van der Waals surface area contributed by atoms with E-state index in [9.17, 15) is 26.6 Å². The summed E-state index contributed by atoms with van der Waals surface area (Å²) in [4.78, 5) is 16.0. The number of aromatic nitrogens is 1. The first kappa shape index (κ1) is 32.1. The van der Waals surface area contributed by atoms with Crippen LogP contribution in [0.2, 0.25) is 0 Å². The summed E-state index contributed by atoms with van der Waals surface area (Å²) in [5.74, 6) is -1.93. The Hall–Kier alpha value is -3.84. The first-order valence-electron chi connectivity index (χ1n) is 13.2. The number of alkyl halides is 3. The lowest BCUT2D eigenvalue weighted by Gasteiger charge is -2.14. The van der Waals surface area contributed by atoms with Crippen LogP contribution in [0.3, 0.4) is 0 Å². The molecule has 0 fully saturated rings. The van der Waals surface area contributed by atoms with Crippen LogP contribution < -0.4 is 9.46 Å². The van der Waals surface area contributed by atoms with Gasteiger partial charge in [-0.05, 0) is 69.7 Å². The summed E-state index contributed by atoms with van der Waals surface area (Å²) in [5, 5.41) is -0.318. The van der Waals surface area contributed by atoms with Gasteiger partial charge in [-0.1, -0.05) is 4.21 Å². The van der Waals surface area contributed by atoms with E-state index in [2.05, 4.69) is 9.71 Å². The number of carbonyl (C=O) groups excluding carboxylic acids is 1. The number of thiol groups is 1. The average molecular weight is 626 g/mol. The molecule has 0 aliphatic rings. The molecule has 43 heavy (non-hydrogen) atoms. The third kappa shape index (κ3) is 7.57. The summed E-state index contributed by atoms with van der Waals surface area (Å²) < 4.78 is 102. The lowest BCUT2D eigenvalue weighted by atomic mass is 9.98. The monoisotopic (exact) mass is 625 g/mol. The van der Waals surface area contributed by atoms with Crippen LogP contribution in [0, 0.1) is 11.6 Å². The van der Waals surface area contributed by atoms with E-state index in [1.54, 1.807) is 27.7 Å². The lowest BCUT2D eigenvalue weighted by molar-refractivity contribution is -0.142. The summed E-state index contributed by atoms with van der Waals surface area (Å²) in [6, 6.07) is 7.46. The molecule has 7 nitrogen and oxygen atoms in total. The highest BCUT2D eigenvalue weighted by molar-refractivity contribution is 7.84. The molecule has 2 aromatic heterocycles. The van der Waals surface area contributed by atoms with Crippen molar-refractivity contribution in [1.82, 2.24) is 9.71 Å². The van der Waals surface area contributed by atoms with Crippen molar-refractivity contribution in [3.63, 3.8) is 0 Å². The van der Waals surface area contributed by atoms with Crippen molar-refractivity contribution in [2.24, 2.45) is 0 Å². The van der Waals surface area contributed by atoms with E-state index in [0.29, 0.717) is 6.26 Å². The lowest BCUT2D eigenvalue weighted by Crippen LogP contribution is -2.32. The molecule has 4 aromatic rings. The van der Waals surface area contributed by atoms with Gasteiger partial charge >= 0.3 is 12.1 Å². The van der Waals surface area contributed by atoms with E-state index >= 15 is 4.39 Å². The highest BCUT2D eigenvalue weighted by Gasteiger charge is 2.36. The van der Waals surface area contributed by atoms with Gasteiger partial charge in [0.2, 0.25) is 0 Å². The number of esters is 1. The Morgan fingerprint density at radius 2 is 1.81 bits per heavy atom. The minimum atomic E-state index is -4.77. The zero-order valence-corrected chi connectivity index (χ0v) is 24.7. The molecule has 1 N–H and O–H groups in total. The molecule has 0 amide bonds. The van der Waals surface area contributed by atoms with E-state index in [0.717, 1.165) is 12.1 Å². The molecule has 4 rings (SSSR count). The fourth-order valence-electron chi connectivity index (χ4n) is 4.26. The SMILES string of the molecule is CCOC(=O)Cc1cc(F)ccc1OCc1cc(-c2ccnc(CN[SH+](=O)C(C)(C)C)c2F)c2occ(C(F)(F)F)c2c1. The fraction of sp³-hybridized carbons (Fsp3) is 0.333. The standard InChI is InChI=1S/C30H29F5N2O5S/c1-5-40-26(38)13-18-12-19(31)6-7-25(18)41-15-17-10-21(28-22(11-17)23(16-42-28)30(33,34)35)20-8-9-36-24(27(20)32)14-37-43(39)29(2,3)4/h6-12,16H,5,13-15H2,1-4H3,(H,37,39)/p+1. The van der Waals surface area contributed by atoms with E-state index in [1.165, 1.54) is 30.5 Å². The fourth-order valence-corrected chi connectivity index (χ4v) is 5.03. The minimum absolute atomic E-state index is 0.0128. The van der Waals surface area contributed by atoms with Crippen molar-refractivity contribution < 1.29 is 44.8 Å². The van der Waals surface area contributed by atoms with Crippen molar-refractivity contribution in [2.45, 2.75) is 58.2 Å². The molecule has 1 unspecified atom stereocenters. The molecule has 2 aromatic carbocycles. The van der Waals surface area contributed by atoms with Gasteiger partial charge in [-0.3, -0.25) is 9.78 Å². The number of benzene rings is 2. The molecule has 0 radical (unpaired) electrons. The van der Waals surface area contributed by atoms with E-state index in [1.807, 2.05) is 0 Å². The maximum absolute atomic E-state index is 15.8. The minimum Gasteiger partial charge on any atom is -0.489 e. The quantitative estimate of drug-likeness (QED) is 0.0886. The van der Waals surface area contributed by atoms with Crippen LogP contribution in [0.5, 0.6) is 5.75 Å². The highest BCUT2D eigenvalue weighted by Crippen LogP contribution is 2.41. The molecule has 230 valence electrons. The normalized spacial score (nSPS) is 12.9. The zero-order valence-electron chi connectivity index (χ0n) is 23.8. The Bertz CT molecular complexity index is 1660. The van der Waals surface area contributed by atoms with Gasteiger partial charge in [0.25, 0.3) is 0 Å².